The van der Waals surface area contributed by atoms with Crippen LogP contribution < -0.4 is 10.1 Å². The number of nitrogens with one attached hydrogen (secondary N) is 1. The van der Waals surface area contributed by atoms with Gasteiger partial charge in [-0.3, -0.25) is 0 Å². The third-order valence-corrected chi connectivity index (χ3v) is 3.21. The summed E-state index contributed by atoms with van der Waals surface area (Å²) in [5, 5.41) is 16.5. The Morgan fingerprint density at radius 1 is 1.25 bits per heavy atom. The van der Waals surface area contributed by atoms with E-state index in [9.17, 15) is 0 Å². The maximum atomic E-state index is 8.89. The zero-order valence-electron chi connectivity index (χ0n) is 12.3. The van der Waals surface area contributed by atoms with Crippen LogP contribution in [0.25, 0.3) is 5.69 Å². The lowest BCUT2D eigenvalue weighted by Crippen LogP contribution is -2.20. The molecule has 1 N–H and O–H groups in total. The second-order valence-corrected chi connectivity index (χ2v) is 5.00. The van der Waals surface area contributed by atoms with Gasteiger partial charge >= 0.3 is 6.02 Å². The van der Waals surface area contributed by atoms with Crippen LogP contribution >= 0.6 is 11.6 Å². The van der Waals surface area contributed by atoms with Gasteiger partial charge in [-0.15, -0.1) is 4.99 Å². The van der Waals surface area contributed by atoms with E-state index < -0.39 is 0 Å². The van der Waals surface area contributed by atoms with Gasteiger partial charge in [0.25, 0.3) is 0 Å². The van der Waals surface area contributed by atoms with Crippen molar-refractivity contribution in [2.24, 2.45) is 4.99 Å². The molecule has 0 radical (unpaired) electrons. The van der Waals surface area contributed by atoms with Crippen LogP contribution in [-0.4, -0.2) is 20.8 Å². The Labute approximate surface area is 142 Å². The smallest absolute Gasteiger partial charge is 0.310 e. The number of ether oxygens (including phenoxy) is 1. The van der Waals surface area contributed by atoms with E-state index in [2.05, 4.69) is 20.4 Å². The minimum absolute atomic E-state index is 0.0207. The summed E-state index contributed by atoms with van der Waals surface area (Å²) in [5.74, 6) is 0.545. The molecule has 8 heteroatoms. The number of nitrogens with zero attached hydrogens (tertiary/aromatic N) is 5. The number of nitriles is 1. The lowest BCUT2D eigenvalue weighted by atomic mass is 10.2. The van der Waals surface area contributed by atoms with Crippen molar-refractivity contribution in [2.75, 3.05) is 5.32 Å². The summed E-state index contributed by atoms with van der Waals surface area (Å²) in [4.78, 5) is 7.59. The molecular weight excluding hydrogens is 328 g/mol. The summed E-state index contributed by atoms with van der Waals surface area (Å²) < 4.78 is 7.16. The summed E-state index contributed by atoms with van der Waals surface area (Å²) in [6.45, 7) is 0. The molecule has 1 heterocycles. The molecule has 3 aromatic rings. The molecule has 0 aliphatic heterocycles. The molecule has 118 valence electrons. The minimum atomic E-state index is 0.0207. The Balaban J connectivity index is 1.92. The Hall–Kier alpha value is -3.37. The van der Waals surface area contributed by atoms with E-state index in [0.29, 0.717) is 22.1 Å². The number of para-hydroxylation sites is 1. The van der Waals surface area contributed by atoms with Gasteiger partial charge in [-0.25, -0.2) is 9.67 Å². The highest BCUT2D eigenvalue weighted by molar-refractivity contribution is 6.31. The largest absolute Gasteiger partial charge is 0.425 e. The van der Waals surface area contributed by atoms with E-state index >= 15 is 0 Å². The first-order chi connectivity index (χ1) is 11.8. The van der Waals surface area contributed by atoms with E-state index in [-0.39, 0.29) is 6.02 Å². The fourth-order valence-electron chi connectivity index (χ4n) is 1.98. The van der Waals surface area contributed by atoms with Crippen LogP contribution in [0.3, 0.4) is 0 Å². The van der Waals surface area contributed by atoms with E-state index in [1.54, 1.807) is 47.5 Å². The average Bonchev–Trinajstić information content (AvgIpc) is 3.10. The first-order valence-corrected chi connectivity index (χ1v) is 7.25. The summed E-state index contributed by atoms with van der Waals surface area (Å²) in [5.41, 5.74) is 1.25. The molecule has 0 amide bonds. The molecule has 0 saturated carbocycles. The number of hydrogen-bond acceptors (Lipinski definition) is 5. The van der Waals surface area contributed by atoms with Gasteiger partial charge < -0.3 is 10.1 Å². The van der Waals surface area contributed by atoms with Gasteiger partial charge in [-0.05, 0) is 30.3 Å². The van der Waals surface area contributed by atoms with Gasteiger partial charge in [0.15, 0.2) is 0 Å². The summed E-state index contributed by atoms with van der Waals surface area (Å²) in [6, 6.07) is 14.2. The SMILES string of the molecule is N#C/N=C(/Nc1cc(Cl)ccc1-n1cncn1)Oc1ccccc1. The maximum Gasteiger partial charge on any atom is 0.310 e. The predicted molar refractivity (Wildman–Crippen MR) is 90.1 cm³/mol. The first kappa shape index (κ1) is 15.5. The van der Waals surface area contributed by atoms with Crippen molar-refractivity contribution in [1.82, 2.24) is 14.8 Å². The number of aliphatic imine (C=N–C) groups is 1. The summed E-state index contributed by atoms with van der Waals surface area (Å²) >= 11 is 6.07. The number of aromatic nitrogens is 3. The monoisotopic (exact) mass is 338 g/mol. The molecule has 3 rings (SSSR count). The van der Waals surface area contributed by atoms with E-state index in [1.807, 2.05) is 18.2 Å². The molecule has 0 aliphatic rings. The maximum absolute atomic E-state index is 8.89. The van der Waals surface area contributed by atoms with Crippen LogP contribution in [0.15, 0.2) is 66.2 Å². The Bertz CT molecular complexity index is 887. The standard InChI is InChI=1S/C16H11ClN6O/c17-12-6-7-15(23-11-19-10-21-23)14(8-12)22-16(20-9-18)24-13-4-2-1-3-5-13/h1-8,10-11H,(H,20,22). The van der Waals surface area contributed by atoms with Crippen LogP contribution in [0.4, 0.5) is 5.69 Å². The van der Waals surface area contributed by atoms with Gasteiger partial charge in [0.1, 0.15) is 18.4 Å². The highest BCUT2D eigenvalue weighted by atomic mass is 35.5. The molecule has 0 aliphatic carbocycles. The molecule has 0 fully saturated rings. The summed E-state index contributed by atoms with van der Waals surface area (Å²) in [6.07, 6.45) is 4.68. The quantitative estimate of drug-likeness (QED) is 0.450. The second-order valence-electron chi connectivity index (χ2n) is 4.56. The van der Waals surface area contributed by atoms with Crippen LogP contribution in [-0.2, 0) is 0 Å². The van der Waals surface area contributed by atoms with Gasteiger partial charge in [-0.2, -0.15) is 10.4 Å². The van der Waals surface area contributed by atoms with Gasteiger partial charge in [0.05, 0.1) is 11.4 Å². The zero-order chi connectivity index (χ0) is 16.8. The molecule has 0 unspecified atom stereocenters. The third-order valence-electron chi connectivity index (χ3n) is 2.98. The van der Waals surface area contributed by atoms with Crippen molar-refractivity contribution >= 4 is 23.3 Å². The highest BCUT2D eigenvalue weighted by Gasteiger charge is 2.11. The molecule has 0 bridgehead atoms. The highest BCUT2D eigenvalue weighted by Crippen LogP contribution is 2.24. The Morgan fingerprint density at radius 3 is 2.79 bits per heavy atom. The van der Waals surface area contributed by atoms with E-state index in [1.165, 1.54) is 6.33 Å². The number of halogens is 1. The minimum Gasteiger partial charge on any atom is -0.425 e. The molecular formula is C16H11ClN6O. The normalized spacial score (nSPS) is 10.9. The molecule has 24 heavy (non-hydrogen) atoms. The van der Waals surface area contributed by atoms with Crippen LogP contribution in [0.2, 0.25) is 5.02 Å². The van der Waals surface area contributed by atoms with Crippen LogP contribution in [0.1, 0.15) is 0 Å². The number of hydrogen-bond donors (Lipinski definition) is 1. The van der Waals surface area contributed by atoms with Crippen molar-refractivity contribution < 1.29 is 4.74 Å². The van der Waals surface area contributed by atoms with E-state index in [0.717, 1.165) is 0 Å². The Kier molecular flexibility index (Phi) is 4.70. The van der Waals surface area contributed by atoms with Gasteiger partial charge in [-0.1, -0.05) is 29.8 Å². The Morgan fingerprint density at radius 2 is 2.08 bits per heavy atom. The summed E-state index contributed by atoms with van der Waals surface area (Å²) in [7, 11) is 0. The number of anilines is 1. The van der Waals surface area contributed by atoms with Crippen molar-refractivity contribution in [1.29, 1.82) is 5.26 Å². The van der Waals surface area contributed by atoms with Gasteiger partial charge in [0.2, 0.25) is 6.19 Å². The molecule has 0 spiro atoms. The third kappa shape index (κ3) is 3.69. The lowest BCUT2D eigenvalue weighted by Gasteiger charge is -2.13. The number of rotatable bonds is 3. The van der Waals surface area contributed by atoms with Crippen LogP contribution in [0.5, 0.6) is 5.75 Å². The van der Waals surface area contributed by atoms with Crippen molar-refractivity contribution in [3.05, 3.63) is 66.2 Å². The van der Waals surface area contributed by atoms with Crippen molar-refractivity contribution in [2.45, 2.75) is 0 Å². The number of amidine groups is 1. The zero-order valence-corrected chi connectivity index (χ0v) is 13.1. The predicted octanol–water partition coefficient (Wildman–Crippen LogP) is 3.25. The average molecular weight is 339 g/mol. The van der Waals surface area contributed by atoms with Crippen molar-refractivity contribution in [3.8, 4) is 17.6 Å². The van der Waals surface area contributed by atoms with E-state index in [4.69, 9.17) is 21.6 Å². The fourth-order valence-corrected chi connectivity index (χ4v) is 2.15. The molecule has 0 atom stereocenters. The fraction of sp³-hybridized carbons (Fsp3) is 0. The van der Waals surface area contributed by atoms with Crippen LogP contribution in [0, 0.1) is 11.5 Å². The molecule has 7 nitrogen and oxygen atoms in total. The molecule has 2 aromatic carbocycles. The van der Waals surface area contributed by atoms with Crippen molar-refractivity contribution in [3.63, 3.8) is 0 Å². The van der Waals surface area contributed by atoms with Gasteiger partial charge in [0, 0.05) is 5.02 Å². The second kappa shape index (κ2) is 7.26. The first-order valence-electron chi connectivity index (χ1n) is 6.87. The topological polar surface area (TPSA) is 88.1 Å². The molecule has 1 aromatic heterocycles. The number of benzene rings is 2. The molecule has 0 saturated heterocycles. The lowest BCUT2D eigenvalue weighted by molar-refractivity contribution is 0.549.